The summed E-state index contributed by atoms with van der Waals surface area (Å²) < 4.78 is 0. The molecule has 0 aromatic carbocycles. The van der Waals surface area contributed by atoms with Crippen LogP contribution in [0.25, 0.3) is 0 Å². The Morgan fingerprint density at radius 3 is 2.78 bits per heavy atom. The molecule has 1 heterocycles. The molecule has 2 fully saturated rings. The van der Waals surface area contributed by atoms with Gasteiger partial charge < -0.3 is 5.32 Å². The van der Waals surface area contributed by atoms with Gasteiger partial charge in [0.1, 0.15) is 0 Å². The minimum atomic E-state index is 0.758. The van der Waals surface area contributed by atoms with Crippen molar-refractivity contribution in [3.8, 4) is 0 Å². The molecule has 1 aromatic heterocycles. The van der Waals surface area contributed by atoms with Crippen molar-refractivity contribution < 1.29 is 0 Å². The topological polar surface area (TPSA) is 24.9 Å². The lowest BCUT2D eigenvalue weighted by molar-refractivity contribution is 0.521. The van der Waals surface area contributed by atoms with Crippen LogP contribution in [-0.4, -0.2) is 11.0 Å². The number of nitrogens with zero attached hydrogens (tertiary/aromatic N) is 1. The van der Waals surface area contributed by atoms with Crippen LogP contribution in [0.2, 0.25) is 0 Å². The SMILES string of the molecule is CCC1CCC(c2nc(C)c(CNC3CC3)s2)C1. The van der Waals surface area contributed by atoms with Crippen LogP contribution in [0.1, 0.15) is 66.9 Å². The Morgan fingerprint density at radius 1 is 1.28 bits per heavy atom. The minimum absolute atomic E-state index is 0.758. The monoisotopic (exact) mass is 264 g/mol. The molecule has 2 unspecified atom stereocenters. The summed E-state index contributed by atoms with van der Waals surface area (Å²) in [5.41, 5.74) is 1.27. The smallest absolute Gasteiger partial charge is 0.0962 e. The van der Waals surface area contributed by atoms with Crippen molar-refractivity contribution in [3.05, 3.63) is 15.6 Å². The number of thiazole rings is 1. The van der Waals surface area contributed by atoms with Crippen molar-refractivity contribution in [2.75, 3.05) is 0 Å². The Labute approximate surface area is 114 Å². The van der Waals surface area contributed by atoms with Crippen LogP contribution in [0.4, 0.5) is 0 Å². The Balaban J connectivity index is 1.63. The van der Waals surface area contributed by atoms with Crippen molar-refractivity contribution in [3.63, 3.8) is 0 Å². The highest BCUT2D eigenvalue weighted by Gasteiger charge is 2.28. The van der Waals surface area contributed by atoms with Gasteiger partial charge in [-0.05, 0) is 44.9 Å². The van der Waals surface area contributed by atoms with Gasteiger partial charge in [-0.1, -0.05) is 13.3 Å². The number of rotatable bonds is 5. The molecule has 2 atom stereocenters. The molecule has 1 N–H and O–H groups in total. The van der Waals surface area contributed by atoms with Gasteiger partial charge in [-0.15, -0.1) is 11.3 Å². The third-order valence-corrected chi connectivity index (χ3v) is 5.83. The maximum Gasteiger partial charge on any atom is 0.0962 e. The number of hydrogen-bond donors (Lipinski definition) is 1. The Morgan fingerprint density at radius 2 is 2.11 bits per heavy atom. The fraction of sp³-hybridized carbons (Fsp3) is 0.800. The van der Waals surface area contributed by atoms with E-state index in [1.807, 2.05) is 11.3 Å². The van der Waals surface area contributed by atoms with Crippen LogP contribution in [-0.2, 0) is 6.54 Å². The first kappa shape index (κ1) is 12.6. The molecule has 1 aromatic rings. The zero-order chi connectivity index (χ0) is 12.5. The predicted octanol–water partition coefficient (Wildman–Crippen LogP) is 4.00. The fourth-order valence-corrected chi connectivity index (χ4v) is 4.15. The lowest BCUT2D eigenvalue weighted by Gasteiger charge is -2.06. The second-order valence-electron chi connectivity index (χ2n) is 6.00. The summed E-state index contributed by atoms with van der Waals surface area (Å²) in [6.45, 7) is 5.54. The fourth-order valence-electron chi connectivity index (χ4n) is 2.98. The van der Waals surface area contributed by atoms with Crippen LogP contribution in [0.5, 0.6) is 0 Å². The predicted molar refractivity (Wildman–Crippen MR) is 77.1 cm³/mol. The molecule has 2 aliphatic carbocycles. The maximum absolute atomic E-state index is 4.84. The maximum atomic E-state index is 4.84. The van der Waals surface area contributed by atoms with Crippen LogP contribution in [0.3, 0.4) is 0 Å². The molecule has 2 nitrogen and oxygen atoms in total. The van der Waals surface area contributed by atoms with Crippen LogP contribution in [0.15, 0.2) is 0 Å². The first-order chi connectivity index (χ1) is 8.76. The summed E-state index contributed by atoms with van der Waals surface area (Å²) in [5, 5.41) is 5.02. The van der Waals surface area contributed by atoms with Gasteiger partial charge in [0.25, 0.3) is 0 Å². The molecular formula is C15H24N2S. The lowest BCUT2D eigenvalue weighted by Crippen LogP contribution is -2.14. The van der Waals surface area contributed by atoms with Crippen molar-refractivity contribution in [1.29, 1.82) is 0 Å². The summed E-state index contributed by atoms with van der Waals surface area (Å²) >= 11 is 1.97. The van der Waals surface area contributed by atoms with Gasteiger partial charge in [0.05, 0.1) is 10.7 Å². The van der Waals surface area contributed by atoms with Crippen LogP contribution < -0.4 is 5.32 Å². The van der Waals surface area contributed by atoms with E-state index >= 15 is 0 Å². The van der Waals surface area contributed by atoms with Gasteiger partial charge in [-0.2, -0.15) is 0 Å². The number of aromatic nitrogens is 1. The van der Waals surface area contributed by atoms with Crippen LogP contribution >= 0.6 is 11.3 Å². The van der Waals surface area contributed by atoms with E-state index in [-0.39, 0.29) is 0 Å². The third-order valence-electron chi connectivity index (χ3n) is 4.51. The molecule has 0 bridgehead atoms. The quantitative estimate of drug-likeness (QED) is 0.869. The van der Waals surface area contributed by atoms with Gasteiger partial charge in [-0.25, -0.2) is 4.98 Å². The molecule has 0 radical (unpaired) electrons. The largest absolute Gasteiger partial charge is 0.309 e. The molecule has 0 saturated heterocycles. The van der Waals surface area contributed by atoms with Crippen molar-refractivity contribution in [2.24, 2.45) is 5.92 Å². The standard InChI is InChI=1S/C15H24N2S/c1-3-11-4-5-12(8-11)15-17-10(2)14(18-15)9-16-13-6-7-13/h11-13,16H,3-9H2,1-2H3. The summed E-state index contributed by atoms with van der Waals surface area (Å²) in [4.78, 5) is 6.31. The Hall–Kier alpha value is -0.410. The first-order valence-electron chi connectivity index (χ1n) is 7.45. The molecule has 18 heavy (non-hydrogen) atoms. The summed E-state index contributed by atoms with van der Waals surface area (Å²) in [6.07, 6.45) is 8.23. The van der Waals surface area contributed by atoms with Gasteiger partial charge in [0.15, 0.2) is 0 Å². The molecule has 100 valence electrons. The minimum Gasteiger partial charge on any atom is -0.309 e. The average molecular weight is 264 g/mol. The normalized spacial score (nSPS) is 27.9. The van der Waals surface area contributed by atoms with E-state index in [9.17, 15) is 0 Å². The average Bonchev–Trinajstić information content (AvgIpc) is 2.95. The molecule has 2 saturated carbocycles. The van der Waals surface area contributed by atoms with Gasteiger partial charge >= 0.3 is 0 Å². The lowest BCUT2D eigenvalue weighted by atomic mass is 10.0. The molecule has 2 aliphatic rings. The van der Waals surface area contributed by atoms with Gasteiger partial charge in [0, 0.05) is 23.4 Å². The molecular weight excluding hydrogens is 240 g/mol. The van der Waals surface area contributed by atoms with Gasteiger partial charge in [0.2, 0.25) is 0 Å². The summed E-state index contributed by atoms with van der Waals surface area (Å²) in [5.74, 6) is 1.71. The number of nitrogens with one attached hydrogen (secondary N) is 1. The molecule has 0 amide bonds. The molecule has 0 aliphatic heterocycles. The zero-order valence-corrected chi connectivity index (χ0v) is 12.4. The first-order valence-corrected chi connectivity index (χ1v) is 8.27. The van der Waals surface area contributed by atoms with Crippen molar-refractivity contribution in [2.45, 2.75) is 70.9 Å². The highest BCUT2D eigenvalue weighted by molar-refractivity contribution is 7.11. The second-order valence-corrected chi connectivity index (χ2v) is 7.12. The van der Waals surface area contributed by atoms with E-state index < -0.39 is 0 Å². The van der Waals surface area contributed by atoms with E-state index in [1.165, 1.54) is 54.1 Å². The number of aryl methyl sites for hydroxylation is 1. The van der Waals surface area contributed by atoms with Crippen molar-refractivity contribution in [1.82, 2.24) is 10.3 Å². The summed E-state index contributed by atoms with van der Waals surface area (Å²) in [7, 11) is 0. The van der Waals surface area contributed by atoms with E-state index in [0.717, 1.165) is 24.4 Å². The summed E-state index contributed by atoms with van der Waals surface area (Å²) in [6, 6.07) is 0.797. The van der Waals surface area contributed by atoms with E-state index in [2.05, 4.69) is 19.2 Å². The number of hydrogen-bond acceptors (Lipinski definition) is 3. The second kappa shape index (κ2) is 5.30. The Bertz CT molecular complexity index is 409. The van der Waals surface area contributed by atoms with Crippen molar-refractivity contribution >= 4 is 11.3 Å². The third kappa shape index (κ3) is 2.77. The van der Waals surface area contributed by atoms with Gasteiger partial charge in [-0.3, -0.25) is 0 Å². The molecule has 3 rings (SSSR count). The molecule has 0 spiro atoms. The Kier molecular flexibility index (Phi) is 3.71. The van der Waals surface area contributed by atoms with E-state index in [4.69, 9.17) is 4.98 Å². The zero-order valence-electron chi connectivity index (χ0n) is 11.5. The van der Waals surface area contributed by atoms with Crippen LogP contribution in [0, 0.1) is 12.8 Å². The highest BCUT2D eigenvalue weighted by Crippen LogP contribution is 2.41. The van der Waals surface area contributed by atoms with E-state index in [0.29, 0.717) is 0 Å². The van der Waals surface area contributed by atoms with E-state index in [1.54, 1.807) is 0 Å². The highest BCUT2D eigenvalue weighted by atomic mass is 32.1. The molecule has 3 heteroatoms.